The average Bonchev–Trinajstić information content (AvgIpc) is 2.55. The Kier molecular flexibility index (Phi) is 9.72. The SMILES string of the molecule is CCCC[C@H](CC)[C@@H](OCCNC(=O)OC)c1cc(F)cc(Cl)c1. The van der Waals surface area contributed by atoms with Crippen molar-refractivity contribution in [2.75, 3.05) is 20.3 Å². The lowest BCUT2D eigenvalue weighted by molar-refractivity contribution is 0.00726. The van der Waals surface area contributed by atoms with Crippen molar-refractivity contribution in [2.45, 2.75) is 45.6 Å². The van der Waals surface area contributed by atoms with E-state index in [-0.39, 0.29) is 17.8 Å². The number of methoxy groups -OCH3 is 1. The summed E-state index contributed by atoms with van der Waals surface area (Å²) in [5, 5.41) is 2.93. The smallest absolute Gasteiger partial charge is 0.406 e. The van der Waals surface area contributed by atoms with Crippen LogP contribution in [-0.4, -0.2) is 26.4 Å². The van der Waals surface area contributed by atoms with E-state index in [2.05, 4.69) is 23.9 Å². The van der Waals surface area contributed by atoms with Crippen molar-refractivity contribution in [1.82, 2.24) is 5.32 Å². The number of amides is 1. The van der Waals surface area contributed by atoms with Gasteiger partial charge in [0.15, 0.2) is 0 Å². The van der Waals surface area contributed by atoms with E-state index in [1.165, 1.54) is 19.2 Å². The molecule has 0 radical (unpaired) electrons. The number of rotatable bonds is 10. The zero-order valence-corrected chi connectivity index (χ0v) is 15.4. The number of hydrogen-bond donors (Lipinski definition) is 1. The number of halogens is 2. The fourth-order valence-electron chi connectivity index (χ4n) is 2.69. The number of nitrogens with one attached hydrogen (secondary N) is 1. The number of carbonyl (C=O) groups excluding carboxylic acids is 1. The van der Waals surface area contributed by atoms with E-state index in [1.54, 1.807) is 6.07 Å². The van der Waals surface area contributed by atoms with Gasteiger partial charge in [-0.15, -0.1) is 0 Å². The van der Waals surface area contributed by atoms with Crippen LogP contribution >= 0.6 is 11.6 Å². The molecule has 0 unspecified atom stereocenters. The third kappa shape index (κ3) is 7.05. The molecule has 1 amide bonds. The largest absolute Gasteiger partial charge is 0.453 e. The molecule has 24 heavy (non-hydrogen) atoms. The molecule has 1 aromatic carbocycles. The first-order chi connectivity index (χ1) is 11.5. The molecule has 6 heteroatoms. The number of ether oxygens (including phenoxy) is 2. The van der Waals surface area contributed by atoms with Gasteiger partial charge in [0.05, 0.1) is 19.8 Å². The second kappa shape index (κ2) is 11.3. The quantitative estimate of drug-likeness (QED) is 0.590. The van der Waals surface area contributed by atoms with E-state index in [4.69, 9.17) is 16.3 Å². The standard InChI is InChI=1S/C18H27ClFNO3/c1-4-6-7-13(5-2)17(24-9-8-21-18(22)23-3)14-10-15(19)12-16(20)11-14/h10-13,17H,4-9H2,1-3H3,(H,21,22)/t13-,17+/m0/s1. The van der Waals surface area contributed by atoms with Gasteiger partial charge in [-0.2, -0.15) is 0 Å². The molecule has 0 aromatic heterocycles. The zero-order valence-electron chi connectivity index (χ0n) is 14.6. The molecule has 0 fully saturated rings. The third-order valence-corrected chi connectivity index (χ3v) is 4.17. The third-order valence-electron chi connectivity index (χ3n) is 3.95. The summed E-state index contributed by atoms with van der Waals surface area (Å²) in [6.45, 7) is 4.89. The minimum atomic E-state index is -0.498. The van der Waals surface area contributed by atoms with E-state index in [0.29, 0.717) is 18.2 Å². The molecule has 1 rings (SSSR count). The highest BCUT2D eigenvalue weighted by Gasteiger charge is 2.23. The maximum Gasteiger partial charge on any atom is 0.406 e. The Morgan fingerprint density at radius 2 is 2.08 bits per heavy atom. The van der Waals surface area contributed by atoms with Crippen LogP contribution in [0.25, 0.3) is 0 Å². The number of carbonyl (C=O) groups is 1. The van der Waals surface area contributed by atoms with E-state index >= 15 is 0 Å². The molecule has 4 nitrogen and oxygen atoms in total. The van der Waals surface area contributed by atoms with Gasteiger partial charge in [-0.05, 0) is 36.1 Å². The lowest BCUT2D eigenvalue weighted by Gasteiger charge is -2.27. The molecule has 0 heterocycles. The van der Waals surface area contributed by atoms with E-state index in [0.717, 1.165) is 31.2 Å². The van der Waals surface area contributed by atoms with Crippen LogP contribution in [0.5, 0.6) is 0 Å². The molecule has 0 aliphatic heterocycles. The van der Waals surface area contributed by atoms with Crippen LogP contribution in [0.15, 0.2) is 18.2 Å². The molecule has 0 aliphatic rings. The zero-order chi connectivity index (χ0) is 17.9. The molecular weight excluding hydrogens is 333 g/mol. The Labute approximate surface area is 148 Å². The molecule has 0 saturated carbocycles. The van der Waals surface area contributed by atoms with Gasteiger partial charge in [0.2, 0.25) is 0 Å². The monoisotopic (exact) mass is 359 g/mol. The first kappa shape index (κ1) is 20.7. The van der Waals surface area contributed by atoms with Gasteiger partial charge >= 0.3 is 6.09 Å². The van der Waals surface area contributed by atoms with Crippen molar-refractivity contribution >= 4 is 17.7 Å². The van der Waals surface area contributed by atoms with Crippen LogP contribution in [0.4, 0.5) is 9.18 Å². The van der Waals surface area contributed by atoms with Gasteiger partial charge in [0.1, 0.15) is 5.82 Å². The second-order valence-corrected chi connectivity index (χ2v) is 6.16. The minimum Gasteiger partial charge on any atom is -0.453 e. The number of unbranched alkanes of at least 4 members (excludes halogenated alkanes) is 1. The topological polar surface area (TPSA) is 47.6 Å². The van der Waals surface area contributed by atoms with Gasteiger partial charge < -0.3 is 14.8 Å². The van der Waals surface area contributed by atoms with Crippen molar-refractivity contribution in [1.29, 1.82) is 0 Å². The lowest BCUT2D eigenvalue weighted by Crippen LogP contribution is -2.28. The normalized spacial score (nSPS) is 13.4. The van der Waals surface area contributed by atoms with Crippen molar-refractivity contribution in [3.8, 4) is 0 Å². The highest BCUT2D eigenvalue weighted by atomic mass is 35.5. The van der Waals surface area contributed by atoms with Crippen molar-refractivity contribution in [2.24, 2.45) is 5.92 Å². The van der Waals surface area contributed by atoms with Gasteiger partial charge in [0.25, 0.3) is 0 Å². The number of hydrogen-bond acceptors (Lipinski definition) is 3. The molecular formula is C18H27ClFNO3. The summed E-state index contributed by atoms with van der Waals surface area (Å²) in [4.78, 5) is 11.1. The van der Waals surface area contributed by atoms with Crippen molar-refractivity contribution in [3.05, 3.63) is 34.6 Å². The molecule has 0 bridgehead atoms. The summed E-state index contributed by atoms with van der Waals surface area (Å²) in [5.74, 6) is -0.106. The summed E-state index contributed by atoms with van der Waals surface area (Å²) in [6, 6.07) is 4.50. The maximum atomic E-state index is 13.7. The Balaban J connectivity index is 2.83. The summed E-state index contributed by atoms with van der Waals surface area (Å²) in [6.07, 6.45) is 3.34. The summed E-state index contributed by atoms with van der Waals surface area (Å²) >= 11 is 6.00. The summed E-state index contributed by atoms with van der Waals surface area (Å²) in [5.41, 5.74) is 0.737. The fraction of sp³-hybridized carbons (Fsp3) is 0.611. The Morgan fingerprint density at radius 1 is 1.33 bits per heavy atom. The van der Waals surface area contributed by atoms with Crippen molar-refractivity contribution < 1.29 is 18.7 Å². The van der Waals surface area contributed by atoms with E-state index in [1.807, 2.05) is 0 Å². The average molecular weight is 360 g/mol. The first-order valence-corrected chi connectivity index (χ1v) is 8.79. The fourth-order valence-corrected chi connectivity index (χ4v) is 2.92. The molecule has 1 N–H and O–H groups in total. The van der Waals surface area contributed by atoms with Crippen molar-refractivity contribution in [3.63, 3.8) is 0 Å². The Bertz CT molecular complexity index is 493. The van der Waals surface area contributed by atoms with E-state index in [9.17, 15) is 9.18 Å². The van der Waals surface area contributed by atoms with Gasteiger partial charge in [0, 0.05) is 11.6 Å². The maximum absolute atomic E-state index is 13.7. The van der Waals surface area contributed by atoms with Crippen LogP contribution < -0.4 is 5.32 Å². The Morgan fingerprint density at radius 3 is 2.67 bits per heavy atom. The number of alkyl carbamates (subject to hydrolysis) is 1. The highest BCUT2D eigenvalue weighted by molar-refractivity contribution is 6.30. The molecule has 136 valence electrons. The molecule has 0 spiro atoms. The van der Waals surface area contributed by atoms with Crippen LogP contribution in [0.1, 0.15) is 51.2 Å². The highest BCUT2D eigenvalue weighted by Crippen LogP contribution is 2.34. The van der Waals surface area contributed by atoms with E-state index < -0.39 is 6.09 Å². The molecule has 0 saturated heterocycles. The minimum absolute atomic E-state index is 0.255. The van der Waals surface area contributed by atoms with Gasteiger partial charge in [-0.25, -0.2) is 9.18 Å². The number of benzene rings is 1. The summed E-state index contributed by atoms with van der Waals surface area (Å²) < 4.78 is 24.2. The predicted octanol–water partition coefficient (Wildman–Crippen LogP) is 5.11. The Hall–Kier alpha value is -1.33. The second-order valence-electron chi connectivity index (χ2n) is 5.72. The molecule has 0 aliphatic carbocycles. The molecule has 1 aromatic rings. The van der Waals surface area contributed by atoms with Gasteiger partial charge in [-0.1, -0.05) is 44.7 Å². The van der Waals surface area contributed by atoms with Crippen LogP contribution in [0.2, 0.25) is 5.02 Å². The predicted molar refractivity (Wildman–Crippen MR) is 93.8 cm³/mol. The van der Waals surface area contributed by atoms with Crippen LogP contribution in [-0.2, 0) is 9.47 Å². The molecule has 2 atom stereocenters. The first-order valence-electron chi connectivity index (χ1n) is 8.41. The van der Waals surface area contributed by atoms with Gasteiger partial charge in [-0.3, -0.25) is 0 Å². The summed E-state index contributed by atoms with van der Waals surface area (Å²) in [7, 11) is 1.31. The van der Waals surface area contributed by atoms with Crippen LogP contribution in [0, 0.1) is 11.7 Å². The lowest BCUT2D eigenvalue weighted by atomic mass is 9.89. The van der Waals surface area contributed by atoms with Crippen LogP contribution in [0.3, 0.4) is 0 Å².